The fraction of sp³-hybridized carbons (Fsp3) is 0.417. The molecule has 1 rings (SSSR count). The van der Waals surface area contributed by atoms with Crippen molar-refractivity contribution in [2.24, 2.45) is 0 Å². The number of aliphatic hydroxyl groups excluding tert-OH is 1. The van der Waals surface area contributed by atoms with Crippen molar-refractivity contribution in [3.05, 3.63) is 35.4 Å². The zero-order chi connectivity index (χ0) is 11.3. The molecule has 0 saturated heterocycles. The van der Waals surface area contributed by atoms with Gasteiger partial charge in [0.1, 0.15) is 12.7 Å². The Hall–Kier alpha value is -1.35. The standard InChI is InChI=1S/C12H16O3/c1-3-10-5-4-6-11(7-10)8-15-12(14)9(2)13/h4-7,9,13H,3,8H2,1-2H3/t9-/m0/s1. The molecule has 1 N–H and O–H groups in total. The third-order valence-electron chi connectivity index (χ3n) is 2.12. The number of aliphatic hydroxyl groups is 1. The number of rotatable bonds is 4. The SMILES string of the molecule is CCc1cccc(COC(=O)[C@H](C)O)c1. The Morgan fingerprint density at radius 2 is 2.13 bits per heavy atom. The van der Waals surface area contributed by atoms with Crippen LogP contribution in [0.2, 0.25) is 0 Å². The molecule has 82 valence electrons. The summed E-state index contributed by atoms with van der Waals surface area (Å²) in [6.45, 7) is 3.68. The topological polar surface area (TPSA) is 46.5 Å². The molecule has 3 heteroatoms. The zero-order valence-corrected chi connectivity index (χ0v) is 9.06. The lowest BCUT2D eigenvalue weighted by molar-refractivity contribution is -0.153. The highest BCUT2D eigenvalue weighted by Crippen LogP contribution is 2.07. The molecule has 0 radical (unpaired) electrons. The van der Waals surface area contributed by atoms with Crippen molar-refractivity contribution < 1.29 is 14.6 Å². The molecule has 3 nitrogen and oxygen atoms in total. The first kappa shape index (κ1) is 11.7. The van der Waals surface area contributed by atoms with Crippen molar-refractivity contribution in [3.8, 4) is 0 Å². The van der Waals surface area contributed by atoms with E-state index in [-0.39, 0.29) is 6.61 Å². The molecule has 0 aliphatic carbocycles. The number of esters is 1. The Bertz CT molecular complexity index is 331. The first-order valence-electron chi connectivity index (χ1n) is 5.06. The van der Waals surface area contributed by atoms with Crippen molar-refractivity contribution in [1.82, 2.24) is 0 Å². The second-order valence-corrected chi connectivity index (χ2v) is 3.46. The van der Waals surface area contributed by atoms with E-state index in [0.29, 0.717) is 0 Å². The summed E-state index contributed by atoms with van der Waals surface area (Å²) in [6.07, 6.45) is -0.0996. The van der Waals surface area contributed by atoms with Crippen LogP contribution in [0.25, 0.3) is 0 Å². The maximum atomic E-state index is 11.0. The van der Waals surface area contributed by atoms with Crippen LogP contribution in [0.5, 0.6) is 0 Å². The lowest BCUT2D eigenvalue weighted by Gasteiger charge is -2.07. The van der Waals surface area contributed by atoms with Gasteiger partial charge in [0.2, 0.25) is 0 Å². The fourth-order valence-electron chi connectivity index (χ4n) is 1.21. The normalized spacial score (nSPS) is 12.2. The monoisotopic (exact) mass is 208 g/mol. The summed E-state index contributed by atoms with van der Waals surface area (Å²) < 4.78 is 4.90. The minimum absolute atomic E-state index is 0.220. The van der Waals surface area contributed by atoms with Gasteiger partial charge in [0, 0.05) is 0 Å². The van der Waals surface area contributed by atoms with Crippen LogP contribution < -0.4 is 0 Å². The molecule has 0 aliphatic rings. The summed E-state index contributed by atoms with van der Waals surface area (Å²) in [7, 11) is 0. The molecule has 0 spiro atoms. The molecular formula is C12H16O3. The quantitative estimate of drug-likeness (QED) is 0.766. The van der Waals surface area contributed by atoms with Gasteiger partial charge in [-0.05, 0) is 24.5 Å². The van der Waals surface area contributed by atoms with E-state index >= 15 is 0 Å². The van der Waals surface area contributed by atoms with Crippen molar-refractivity contribution in [2.45, 2.75) is 33.0 Å². The van der Waals surface area contributed by atoms with Crippen LogP contribution in [0.1, 0.15) is 25.0 Å². The number of hydrogen-bond donors (Lipinski definition) is 1. The average Bonchev–Trinajstić information content (AvgIpc) is 2.26. The van der Waals surface area contributed by atoms with Gasteiger partial charge in [0.15, 0.2) is 0 Å². The highest BCUT2D eigenvalue weighted by atomic mass is 16.5. The molecule has 15 heavy (non-hydrogen) atoms. The van der Waals surface area contributed by atoms with Crippen LogP contribution in [0, 0.1) is 0 Å². The summed E-state index contributed by atoms with van der Waals surface area (Å²) in [5, 5.41) is 8.93. The van der Waals surface area contributed by atoms with E-state index in [9.17, 15) is 4.79 Å². The van der Waals surface area contributed by atoms with Gasteiger partial charge in [0.25, 0.3) is 0 Å². The maximum Gasteiger partial charge on any atom is 0.334 e. The predicted octanol–water partition coefficient (Wildman–Crippen LogP) is 1.67. The highest BCUT2D eigenvalue weighted by Gasteiger charge is 2.09. The Morgan fingerprint density at radius 1 is 1.47 bits per heavy atom. The van der Waals surface area contributed by atoms with Gasteiger partial charge in [-0.2, -0.15) is 0 Å². The second-order valence-electron chi connectivity index (χ2n) is 3.46. The molecule has 0 fully saturated rings. The first-order chi connectivity index (χ1) is 7.13. The average molecular weight is 208 g/mol. The van der Waals surface area contributed by atoms with Crippen molar-refractivity contribution in [1.29, 1.82) is 0 Å². The fourth-order valence-corrected chi connectivity index (χ4v) is 1.21. The summed E-state index contributed by atoms with van der Waals surface area (Å²) in [5.41, 5.74) is 2.16. The van der Waals surface area contributed by atoms with E-state index < -0.39 is 12.1 Å². The van der Waals surface area contributed by atoms with Crippen LogP contribution in [0.3, 0.4) is 0 Å². The third-order valence-corrected chi connectivity index (χ3v) is 2.12. The minimum Gasteiger partial charge on any atom is -0.459 e. The molecular weight excluding hydrogens is 192 g/mol. The van der Waals surface area contributed by atoms with E-state index in [1.807, 2.05) is 24.3 Å². The Morgan fingerprint density at radius 3 is 2.73 bits per heavy atom. The predicted molar refractivity (Wildman–Crippen MR) is 57.3 cm³/mol. The summed E-state index contributed by atoms with van der Waals surface area (Å²) >= 11 is 0. The number of ether oxygens (including phenoxy) is 1. The molecule has 0 aliphatic heterocycles. The van der Waals surface area contributed by atoms with E-state index in [1.54, 1.807) is 0 Å². The Kier molecular flexibility index (Phi) is 4.31. The summed E-state index contributed by atoms with van der Waals surface area (Å²) in [5.74, 6) is -0.586. The van der Waals surface area contributed by atoms with Gasteiger partial charge in [-0.15, -0.1) is 0 Å². The lowest BCUT2D eigenvalue weighted by Crippen LogP contribution is -2.19. The number of carbonyl (C=O) groups excluding carboxylic acids is 1. The highest BCUT2D eigenvalue weighted by molar-refractivity contribution is 5.73. The smallest absolute Gasteiger partial charge is 0.334 e. The molecule has 0 amide bonds. The van der Waals surface area contributed by atoms with Crippen molar-refractivity contribution in [2.75, 3.05) is 0 Å². The van der Waals surface area contributed by atoms with Crippen LogP contribution >= 0.6 is 0 Å². The summed E-state index contributed by atoms with van der Waals surface area (Å²) in [4.78, 5) is 11.0. The lowest BCUT2D eigenvalue weighted by atomic mass is 10.1. The Labute approximate surface area is 89.7 Å². The van der Waals surface area contributed by atoms with E-state index in [2.05, 4.69) is 6.92 Å². The Balaban J connectivity index is 2.54. The van der Waals surface area contributed by atoms with Crippen molar-refractivity contribution in [3.63, 3.8) is 0 Å². The van der Waals surface area contributed by atoms with E-state index in [4.69, 9.17) is 9.84 Å². The van der Waals surface area contributed by atoms with Crippen LogP contribution in [-0.2, 0) is 22.6 Å². The van der Waals surface area contributed by atoms with E-state index in [0.717, 1.165) is 12.0 Å². The molecule has 0 bridgehead atoms. The van der Waals surface area contributed by atoms with Gasteiger partial charge >= 0.3 is 5.97 Å². The maximum absolute atomic E-state index is 11.0. The molecule has 0 aromatic heterocycles. The number of aryl methyl sites for hydroxylation is 1. The van der Waals surface area contributed by atoms with Gasteiger partial charge in [-0.1, -0.05) is 31.2 Å². The molecule has 1 aromatic rings. The van der Waals surface area contributed by atoms with Gasteiger partial charge in [-0.3, -0.25) is 0 Å². The van der Waals surface area contributed by atoms with E-state index in [1.165, 1.54) is 12.5 Å². The molecule has 0 saturated carbocycles. The van der Waals surface area contributed by atoms with Gasteiger partial charge in [0.05, 0.1) is 0 Å². The molecule has 0 heterocycles. The largest absolute Gasteiger partial charge is 0.459 e. The van der Waals surface area contributed by atoms with Gasteiger partial charge < -0.3 is 9.84 Å². The molecule has 1 aromatic carbocycles. The number of carbonyl (C=O) groups is 1. The minimum atomic E-state index is -1.06. The van der Waals surface area contributed by atoms with Crippen LogP contribution in [0.4, 0.5) is 0 Å². The van der Waals surface area contributed by atoms with Gasteiger partial charge in [-0.25, -0.2) is 4.79 Å². The van der Waals surface area contributed by atoms with Crippen molar-refractivity contribution >= 4 is 5.97 Å². The summed E-state index contributed by atoms with van der Waals surface area (Å²) in [6, 6.07) is 7.86. The van der Waals surface area contributed by atoms with Crippen LogP contribution in [-0.4, -0.2) is 17.2 Å². The zero-order valence-electron chi connectivity index (χ0n) is 9.06. The van der Waals surface area contributed by atoms with Crippen LogP contribution in [0.15, 0.2) is 24.3 Å². The first-order valence-corrected chi connectivity index (χ1v) is 5.06. The molecule has 1 atom stereocenters. The molecule has 0 unspecified atom stereocenters. The third kappa shape index (κ3) is 3.72. The second kappa shape index (κ2) is 5.51. The number of hydrogen-bond acceptors (Lipinski definition) is 3. The number of benzene rings is 1.